The van der Waals surface area contributed by atoms with E-state index in [4.69, 9.17) is 9.47 Å². The topological polar surface area (TPSA) is 82.4 Å². The largest absolute Gasteiger partial charge is 0.454 e. The molecule has 8 nitrogen and oxygen atoms in total. The predicted molar refractivity (Wildman–Crippen MR) is 123 cm³/mol. The molecule has 8 heteroatoms. The van der Waals surface area contributed by atoms with Crippen molar-refractivity contribution in [2.24, 2.45) is 0 Å². The molecule has 0 unspecified atom stereocenters. The molecule has 4 aromatic rings. The van der Waals surface area contributed by atoms with E-state index in [1.165, 1.54) is 5.56 Å². The Morgan fingerprint density at radius 2 is 1.91 bits per heavy atom. The van der Waals surface area contributed by atoms with E-state index in [0.717, 1.165) is 23.4 Å². The third-order valence-corrected chi connectivity index (χ3v) is 5.67. The zero-order valence-electron chi connectivity index (χ0n) is 18.4. The molecule has 0 spiro atoms. The van der Waals surface area contributed by atoms with E-state index in [0.29, 0.717) is 29.5 Å². The molecule has 33 heavy (non-hydrogen) atoms. The molecule has 1 aliphatic heterocycles. The molecular formula is C25H23N5O3. The number of hydrogen-bond donors (Lipinski definition) is 0. The summed E-state index contributed by atoms with van der Waals surface area (Å²) < 4.78 is 12.4. The molecule has 0 saturated heterocycles. The Kier molecular flexibility index (Phi) is 5.48. The first-order valence-electron chi connectivity index (χ1n) is 10.7. The van der Waals surface area contributed by atoms with Gasteiger partial charge in [-0.2, -0.15) is 5.10 Å². The van der Waals surface area contributed by atoms with Crippen molar-refractivity contribution in [2.75, 3.05) is 20.4 Å². The smallest absolute Gasteiger partial charge is 0.257 e. The molecule has 2 aromatic heterocycles. The van der Waals surface area contributed by atoms with Gasteiger partial charge in [0, 0.05) is 25.4 Å². The summed E-state index contributed by atoms with van der Waals surface area (Å²) in [6, 6.07) is 17.6. The number of benzene rings is 2. The van der Waals surface area contributed by atoms with Crippen LogP contribution in [0.2, 0.25) is 0 Å². The molecule has 0 aliphatic carbocycles. The average Bonchev–Trinajstić information content (AvgIpc) is 3.48. The van der Waals surface area contributed by atoms with Crippen LogP contribution in [0.25, 0.3) is 17.2 Å². The number of aromatic nitrogens is 4. The minimum Gasteiger partial charge on any atom is -0.454 e. The zero-order chi connectivity index (χ0) is 22.8. The molecule has 0 N–H and O–H groups in total. The van der Waals surface area contributed by atoms with E-state index in [-0.39, 0.29) is 12.7 Å². The van der Waals surface area contributed by atoms with E-state index in [2.05, 4.69) is 27.2 Å². The number of ether oxygens (including phenoxy) is 2. The summed E-state index contributed by atoms with van der Waals surface area (Å²) in [5.41, 5.74) is 4.01. The molecule has 2 aromatic carbocycles. The van der Waals surface area contributed by atoms with Crippen LogP contribution in [0.4, 0.5) is 0 Å². The summed E-state index contributed by atoms with van der Waals surface area (Å²) in [6.45, 7) is 2.68. The van der Waals surface area contributed by atoms with Gasteiger partial charge in [0.2, 0.25) is 6.79 Å². The van der Waals surface area contributed by atoms with Crippen molar-refractivity contribution in [1.82, 2.24) is 24.6 Å². The first kappa shape index (κ1) is 20.7. The van der Waals surface area contributed by atoms with Crippen molar-refractivity contribution >= 4 is 5.91 Å². The second kappa shape index (κ2) is 8.74. The third kappa shape index (κ3) is 4.15. The summed E-state index contributed by atoms with van der Waals surface area (Å²) in [5.74, 6) is 1.72. The predicted octanol–water partition coefficient (Wildman–Crippen LogP) is 3.68. The number of amides is 1. The molecule has 1 amide bonds. The van der Waals surface area contributed by atoms with Gasteiger partial charge in [0.25, 0.3) is 11.9 Å². The van der Waals surface area contributed by atoms with Crippen LogP contribution in [0, 0.1) is 6.92 Å². The third-order valence-electron chi connectivity index (χ3n) is 5.67. The number of carbonyl (C=O) groups excluding carboxylic acids is 1. The van der Waals surface area contributed by atoms with Crippen LogP contribution in [0.3, 0.4) is 0 Å². The van der Waals surface area contributed by atoms with Crippen molar-refractivity contribution in [2.45, 2.75) is 13.3 Å². The van der Waals surface area contributed by atoms with E-state index < -0.39 is 0 Å². The van der Waals surface area contributed by atoms with Crippen LogP contribution >= 0.6 is 0 Å². The van der Waals surface area contributed by atoms with Crippen molar-refractivity contribution in [3.8, 4) is 28.7 Å². The normalized spacial score (nSPS) is 12.1. The van der Waals surface area contributed by atoms with Crippen molar-refractivity contribution < 1.29 is 14.3 Å². The monoisotopic (exact) mass is 441 g/mol. The highest BCUT2D eigenvalue weighted by molar-refractivity contribution is 5.95. The number of carbonyl (C=O) groups is 1. The van der Waals surface area contributed by atoms with E-state index in [1.807, 2.05) is 49.4 Å². The fraction of sp³-hybridized carbons (Fsp3) is 0.200. The van der Waals surface area contributed by atoms with Crippen LogP contribution in [0.1, 0.15) is 21.6 Å². The second-order valence-electron chi connectivity index (χ2n) is 7.83. The molecule has 1 aliphatic rings. The first-order chi connectivity index (χ1) is 16.1. The van der Waals surface area contributed by atoms with Gasteiger partial charge in [-0.3, -0.25) is 4.79 Å². The van der Waals surface area contributed by atoms with Crippen molar-refractivity contribution in [3.05, 3.63) is 83.8 Å². The van der Waals surface area contributed by atoms with Gasteiger partial charge in [0.05, 0.1) is 23.1 Å². The minimum absolute atomic E-state index is 0.0818. The Morgan fingerprint density at radius 3 is 2.76 bits per heavy atom. The molecule has 0 bridgehead atoms. The van der Waals surface area contributed by atoms with Crippen LogP contribution in [-0.4, -0.2) is 50.9 Å². The Balaban J connectivity index is 1.35. The number of hydrogen-bond acceptors (Lipinski definition) is 6. The molecule has 5 rings (SSSR count). The summed E-state index contributed by atoms with van der Waals surface area (Å²) >= 11 is 0. The van der Waals surface area contributed by atoms with E-state index in [9.17, 15) is 4.79 Å². The van der Waals surface area contributed by atoms with Gasteiger partial charge >= 0.3 is 0 Å². The lowest BCUT2D eigenvalue weighted by atomic mass is 10.1. The lowest BCUT2D eigenvalue weighted by Gasteiger charge is -2.17. The van der Waals surface area contributed by atoms with E-state index in [1.54, 1.807) is 29.0 Å². The Bertz CT molecular complexity index is 1300. The number of fused-ring (bicyclic) bond motifs is 1. The fourth-order valence-corrected chi connectivity index (χ4v) is 3.74. The molecule has 0 radical (unpaired) electrons. The van der Waals surface area contributed by atoms with Crippen molar-refractivity contribution in [3.63, 3.8) is 0 Å². The highest BCUT2D eigenvalue weighted by atomic mass is 16.7. The van der Waals surface area contributed by atoms with Gasteiger partial charge in [-0.25, -0.2) is 14.6 Å². The minimum atomic E-state index is -0.0818. The molecule has 0 saturated carbocycles. The molecule has 0 fully saturated rings. The summed E-state index contributed by atoms with van der Waals surface area (Å²) in [7, 11) is 1.80. The quantitative estimate of drug-likeness (QED) is 0.454. The van der Waals surface area contributed by atoms with Gasteiger partial charge in [0.15, 0.2) is 11.5 Å². The van der Waals surface area contributed by atoms with Crippen LogP contribution in [0.15, 0.2) is 67.0 Å². The molecule has 3 heterocycles. The highest BCUT2D eigenvalue weighted by Crippen LogP contribution is 2.35. The Hall–Kier alpha value is -4.20. The lowest BCUT2D eigenvalue weighted by Crippen LogP contribution is -2.29. The average molecular weight is 441 g/mol. The van der Waals surface area contributed by atoms with E-state index >= 15 is 0 Å². The Labute approximate surface area is 191 Å². The highest BCUT2D eigenvalue weighted by Gasteiger charge is 2.20. The fourth-order valence-electron chi connectivity index (χ4n) is 3.74. The number of nitrogens with zero attached hydrogens (tertiary/aromatic N) is 5. The zero-order valence-corrected chi connectivity index (χ0v) is 18.4. The first-order valence-corrected chi connectivity index (χ1v) is 10.7. The summed E-state index contributed by atoms with van der Waals surface area (Å²) in [4.78, 5) is 23.8. The van der Waals surface area contributed by atoms with Gasteiger partial charge in [-0.05, 0) is 43.2 Å². The van der Waals surface area contributed by atoms with Gasteiger partial charge in [0.1, 0.15) is 0 Å². The standard InChI is InChI=1S/C25H23N5O3/c1-17-20(24(31)29(2)13-11-18-6-4-3-5-7-18)15-27-30(17)25-26-12-10-21(28-25)19-8-9-22-23(14-19)33-16-32-22/h3-10,12,14-15H,11,13,16H2,1-2H3. The van der Waals surface area contributed by atoms with Crippen LogP contribution < -0.4 is 9.47 Å². The van der Waals surface area contributed by atoms with Gasteiger partial charge < -0.3 is 14.4 Å². The number of rotatable bonds is 6. The summed E-state index contributed by atoms with van der Waals surface area (Å²) in [6.07, 6.45) is 4.04. The molecule has 166 valence electrons. The summed E-state index contributed by atoms with van der Waals surface area (Å²) in [5, 5.41) is 4.40. The second-order valence-corrected chi connectivity index (χ2v) is 7.83. The maximum Gasteiger partial charge on any atom is 0.257 e. The maximum atomic E-state index is 13.0. The van der Waals surface area contributed by atoms with Gasteiger partial charge in [-0.15, -0.1) is 0 Å². The van der Waals surface area contributed by atoms with Crippen LogP contribution in [0.5, 0.6) is 11.5 Å². The lowest BCUT2D eigenvalue weighted by molar-refractivity contribution is 0.0796. The molecule has 0 atom stereocenters. The van der Waals surface area contributed by atoms with Crippen LogP contribution in [-0.2, 0) is 6.42 Å². The maximum absolute atomic E-state index is 13.0. The molecular weight excluding hydrogens is 418 g/mol. The van der Waals surface area contributed by atoms with Gasteiger partial charge in [-0.1, -0.05) is 30.3 Å². The SMILES string of the molecule is Cc1c(C(=O)N(C)CCc2ccccc2)cnn1-c1nccc(-c2ccc3c(c2)OCO3)n1. The number of likely N-dealkylation sites (N-methyl/N-ethyl adjacent to an activating group) is 1. The Morgan fingerprint density at radius 1 is 1.09 bits per heavy atom. The van der Waals surface area contributed by atoms with Crippen molar-refractivity contribution in [1.29, 1.82) is 0 Å².